The van der Waals surface area contributed by atoms with Gasteiger partial charge in [-0.05, 0) is 5.92 Å². The molecular weight excluding hydrogens is 272 g/mol. The van der Waals surface area contributed by atoms with Gasteiger partial charge in [0.2, 0.25) is 5.91 Å². The Balaban J connectivity index is 2.35. The van der Waals surface area contributed by atoms with Crippen LogP contribution in [0.25, 0.3) is 0 Å². The van der Waals surface area contributed by atoms with Gasteiger partial charge < -0.3 is 16.4 Å². The van der Waals surface area contributed by atoms with Crippen molar-refractivity contribution in [3.8, 4) is 0 Å². The van der Waals surface area contributed by atoms with Crippen LogP contribution in [0.5, 0.6) is 0 Å². The molecule has 1 aromatic heterocycles. The average molecular weight is 285 g/mol. The summed E-state index contributed by atoms with van der Waals surface area (Å²) in [5.74, 6) is 0.383. The summed E-state index contributed by atoms with van der Waals surface area (Å²) in [6.07, 6.45) is 3.56. The van der Waals surface area contributed by atoms with Crippen LogP contribution in [-0.4, -0.2) is 22.8 Å². The van der Waals surface area contributed by atoms with Crippen molar-refractivity contribution in [2.45, 2.75) is 6.42 Å². The molecule has 1 amide bonds. The highest BCUT2D eigenvalue weighted by Crippen LogP contribution is 2.34. The maximum absolute atomic E-state index is 11.8. The number of hydrogen-bond acceptors (Lipinski definition) is 4. The number of rotatable bonds is 2. The number of pyridine rings is 1. The Hall–Kier alpha value is -1.30. The van der Waals surface area contributed by atoms with Crippen molar-refractivity contribution in [2.24, 2.45) is 5.92 Å². The third-order valence-corrected chi connectivity index (χ3v) is 3.58. The molecule has 1 aromatic rings. The molecule has 2 rings (SSSR count). The highest BCUT2D eigenvalue weighted by molar-refractivity contribution is 9.09. The lowest BCUT2D eigenvalue weighted by Crippen LogP contribution is -2.26. The van der Waals surface area contributed by atoms with Crippen molar-refractivity contribution in [1.29, 1.82) is 0 Å². The lowest BCUT2D eigenvalue weighted by atomic mass is 10.2. The van der Waals surface area contributed by atoms with Crippen LogP contribution in [-0.2, 0) is 4.79 Å². The van der Waals surface area contributed by atoms with Crippen LogP contribution in [0.3, 0.4) is 0 Å². The van der Waals surface area contributed by atoms with Crippen molar-refractivity contribution in [3.05, 3.63) is 12.4 Å². The van der Waals surface area contributed by atoms with E-state index in [1.807, 2.05) is 0 Å². The number of carbonyl (C=O) groups excluding carboxylic acids is 1. The average Bonchev–Trinajstić information content (AvgIpc) is 2.60. The van der Waals surface area contributed by atoms with Gasteiger partial charge in [0.1, 0.15) is 0 Å². The minimum absolute atomic E-state index is 0.0639. The zero-order chi connectivity index (χ0) is 11.7. The first-order valence-electron chi connectivity index (χ1n) is 4.98. The largest absolute Gasteiger partial charge is 0.396 e. The van der Waals surface area contributed by atoms with Gasteiger partial charge in [0.25, 0.3) is 0 Å². The van der Waals surface area contributed by atoms with Gasteiger partial charge in [-0.3, -0.25) is 9.78 Å². The number of nitrogens with two attached hydrogens (primary N) is 2. The SMILES string of the molecule is Nc1cncc(N)c1N1CC(CBr)CC1=O. The summed E-state index contributed by atoms with van der Waals surface area (Å²) in [5, 5.41) is 0.806. The number of hydrogen-bond donors (Lipinski definition) is 2. The van der Waals surface area contributed by atoms with E-state index in [-0.39, 0.29) is 5.91 Å². The Morgan fingerprint density at radius 3 is 2.56 bits per heavy atom. The molecule has 1 saturated heterocycles. The number of carbonyl (C=O) groups is 1. The lowest BCUT2D eigenvalue weighted by Gasteiger charge is -2.19. The summed E-state index contributed by atoms with van der Waals surface area (Å²) in [4.78, 5) is 17.4. The molecule has 5 nitrogen and oxygen atoms in total. The minimum Gasteiger partial charge on any atom is -0.396 e. The van der Waals surface area contributed by atoms with Gasteiger partial charge >= 0.3 is 0 Å². The topological polar surface area (TPSA) is 85.2 Å². The smallest absolute Gasteiger partial charge is 0.227 e. The Bertz CT molecular complexity index is 403. The molecule has 2 heterocycles. The van der Waals surface area contributed by atoms with Crippen LogP contribution in [0.1, 0.15) is 6.42 Å². The highest BCUT2D eigenvalue weighted by atomic mass is 79.9. The van der Waals surface area contributed by atoms with Gasteiger partial charge in [-0.25, -0.2) is 0 Å². The van der Waals surface area contributed by atoms with Crippen molar-refractivity contribution >= 4 is 38.9 Å². The van der Waals surface area contributed by atoms with Gasteiger partial charge in [0.15, 0.2) is 0 Å². The number of alkyl halides is 1. The maximum atomic E-state index is 11.8. The molecule has 6 heteroatoms. The second kappa shape index (κ2) is 4.29. The van der Waals surface area contributed by atoms with E-state index in [9.17, 15) is 4.79 Å². The molecule has 1 atom stereocenters. The number of halogens is 1. The Labute approximate surface area is 102 Å². The molecular formula is C10H13BrN4O. The van der Waals surface area contributed by atoms with Crippen molar-refractivity contribution in [1.82, 2.24) is 4.98 Å². The number of aromatic nitrogens is 1. The second-order valence-electron chi connectivity index (χ2n) is 3.90. The predicted molar refractivity (Wildman–Crippen MR) is 67.3 cm³/mol. The molecule has 0 radical (unpaired) electrons. The first-order valence-corrected chi connectivity index (χ1v) is 6.11. The van der Waals surface area contributed by atoms with Gasteiger partial charge in [-0.15, -0.1) is 0 Å². The van der Waals surface area contributed by atoms with Crippen LogP contribution in [0.15, 0.2) is 12.4 Å². The second-order valence-corrected chi connectivity index (χ2v) is 4.54. The third kappa shape index (κ3) is 1.84. The minimum atomic E-state index is 0.0639. The highest BCUT2D eigenvalue weighted by Gasteiger charge is 2.31. The molecule has 0 saturated carbocycles. The summed E-state index contributed by atoms with van der Waals surface area (Å²) >= 11 is 3.39. The molecule has 4 N–H and O–H groups in total. The Morgan fingerprint density at radius 2 is 2.06 bits per heavy atom. The molecule has 0 bridgehead atoms. The fourth-order valence-corrected chi connectivity index (χ4v) is 2.33. The Kier molecular flexibility index (Phi) is 3.00. The Morgan fingerprint density at radius 1 is 1.44 bits per heavy atom. The summed E-state index contributed by atoms with van der Waals surface area (Å²) in [7, 11) is 0. The summed E-state index contributed by atoms with van der Waals surface area (Å²) < 4.78 is 0. The molecule has 16 heavy (non-hydrogen) atoms. The zero-order valence-electron chi connectivity index (χ0n) is 8.69. The number of anilines is 3. The fraction of sp³-hybridized carbons (Fsp3) is 0.400. The molecule has 0 aromatic carbocycles. The number of amides is 1. The number of nitrogen functional groups attached to an aromatic ring is 2. The zero-order valence-corrected chi connectivity index (χ0v) is 10.3. The van der Waals surface area contributed by atoms with E-state index >= 15 is 0 Å². The predicted octanol–water partition coefficient (Wildman–Crippen LogP) is 0.994. The van der Waals surface area contributed by atoms with E-state index in [1.165, 1.54) is 12.4 Å². The quantitative estimate of drug-likeness (QED) is 0.794. The van der Waals surface area contributed by atoms with Crippen LogP contribution in [0, 0.1) is 5.92 Å². The standard InChI is InChI=1S/C10H13BrN4O/c11-2-6-1-9(16)15(5-6)10-7(12)3-14-4-8(10)13/h3-4,6H,1-2,5,12-13H2. The monoisotopic (exact) mass is 284 g/mol. The molecule has 0 aliphatic carbocycles. The van der Waals surface area contributed by atoms with Gasteiger partial charge in [0, 0.05) is 18.3 Å². The number of nitrogens with zero attached hydrogens (tertiary/aromatic N) is 2. The molecule has 86 valence electrons. The van der Waals surface area contributed by atoms with Crippen LogP contribution in [0.4, 0.5) is 17.1 Å². The fourth-order valence-electron chi connectivity index (χ4n) is 1.90. The van der Waals surface area contributed by atoms with Crippen molar-refractivity contribution in [3.63, 3.8) is 0 Å². The normalized spacial score (nSPS) is 20.4. The van der Waals surface area contributed by atoms with Crippen molar-refractivity contribution < 1.29 is 4.79 Å². The molecule has 1 aliphatic heterocycles. The molecule has 1 unspecified atom stereocenters. The van der Waals surface area contributed by atoms with Gasteiger partial charge in [0.05, 0.1) is 29.5 Å². The van der Waals surface area contributed by atoms with Crippen LogP contribution >= 0.6 is 15.9 Å². The van der Waals surface area contributed by atoms with Crippen LogP contribution < -0.4 is 16.4 Å². The van der Waals surface area contributed by atoms with Gasteiger partial charge in [-0.1, -0.05) is 15.9 Å². The van der Waals surface area contributed by atoms with E-state index in [2.05, 4.69) is 20.9 Å². The van der Waals surface area contributed by atoms with E-state index in [0.29, 0.717) is 35.9 Å². The maximum Gasteiger partial charge on any atom is 0.227 e. The molecule has 1 aliphatic rings. The van der Waals surface area contributed by atoms with E-state index in [4.69, 9.17) is 11.5 Å². The van der Waals surface area contributed by atoms with Crippen molar-refractivity contribution in [2.75, 3.05) is 28.2 Å². The first-order chi connectivity index (χ1) is 7.63. The molecule has 1 fully saturated rings. The van der Waals surface area contributed by atoms with E-state index < -0.39 is 0 Å². The van der Waals surface area contributed by atoms with Crippen LogP contribution in [0.2, 0.25) is 0 Å². The van der Waals surface area contributed by atoms with Gasteiger partial charge in [-0.2, -0.15) is 0 Å². The van der Waals surface area contributed by atoms with E-state index in [0.717, 1.165) is 5.33 Å². The summed E-state index contributed by atoms with van der Waals surface area (Å²) in [6.45, 7) is 0.655. The lowest BCUT2D eigenvalue weighted by molar-refractivity contribution is -0.117. The molecule has 0 spiro atoms. The summed E-state index contributed by atoms with van der Waals surface area (Å²) in [6, 6.07) is 0. The summed E-state index contributed by atoms with van der Waals surface area (Å²) in [5.41, 5.74) is 13.1. The third-order valence-electron chi connectivity index (χ3n) is 2.67. The first kappa shape index (κ1) is 11.2. The van der Waals surface area contributed by atoms with E-state index in [1.54, 1.807) is 4.90 Å².